The number of halogens is 1. The van der Waals surface area contributed by atoms with E-state index in [1.54, 1.807) is 18.2 Å². The summed E-state index contributed by atoms with van der Waals surface area (Å²) in [6.45, 7) is 0.278. The fraction of sp³-hybridized carbons (Fsp3) is 0.385. The van der Waals surface area contributed by atoms with Gasteiger partial charge in [-0.25, -0.2) is 21.6 Å². The number of hydrogen-bond donors (Lipinski definition) is 2. The minimum absolute atomic E-state index is 0.0606. The molecule has 2 N–H and O–H groups in total. The van der Waals surface area contributed by atoms with Crippen molar-refractivity contribution in [1.82, 2.24) is 19.2 Å². The standard InChI is InChI=1S/C26H28ClN5O8S4/c27-23-10-8-21(41-23)22-9-11-25(42-22)44(39,40)29-20-7-3-12-30(26(20)34)16-24(33)31-13-2-5-18(31)15-28-43(37,38)19-6-1-4-17(14-19)32(35)36/h1,4,6,8-11,14,18,20,28-29H,2-3,5,7,12-13,15-16H2/t18-,20+/m1/s1. The number of likely N-dealkylation sites (tertiary alicyclic amines) is 2. The molecule has 13 nitrogen and oxygen atoms in total. The highest BCUT2D eigenvalue weighted by molar-refractivity contribution is 7.91. The quantitative estimate of drug-likeness (QED) is 0.226. The van der Waals surface area contributed by atoms with Gasteiger partial charge in [0.2, 0.25) is 21.8 Å². The van der Waals surface area contributed by atoms with Crippen molar-refractivity contribution >= 4 is 71.8 Å². The summed E-state index contributed by atoms with van der Waals surface area (Å²) in [6.07, 6.45) is 1.93. The molecule has 2 aromatic heterocycles. The Morgan fingerprint density at radius 1 is 1.00 bits per heavy atom. The fourth-order valence-electron chi connectivity index (χ4n) is 5.18. The molecule has 0 saturated carbocycles. The van der Waals surface area contributed by atoms with Gasteiger partial charge < -0.3 is 9.80 Å². The van der Waals surface area contributed by atoms with Gasteiger partial charge in [-0.2, -0.15) is 4.72 Å². The van der Waals surface area contributed by atoms with Crippen LogP contribution >= 0.6 is 34.3 Å². The monoisotopic (exact) mass is 701 g/mol. The topological polar surface area (TPSA) is 176 Å². The Labute approximate surface area is 267 Å². The molecule has 1 aromatic carbocycles. The van der Waals surface area contributed by atoms with Gasteiger partial charge in [-0.3, -0.25) is 19.7 Å². The maximum Gasteiger partial charge on any atom is 0.270 e. The Hall–Kier alpha value is -2.93. The number of nitrogens with zero attached hydrogens (tertiary/aromatic N) is 3. The second-order valence-corrected chi connectivity index (χ2v) is 16.8. The third kappa shape index (κ3) is 7.30. The molecule has 236 valence electrons. The molecule has 18 heteroatoms. The Bertz CT molecular complexity index is 1790. The largest absolute Gasteiger partial charge is 0.337 e. The number of nitro groups is 1. The summed E-state index contributed by atoms with van der Waals surface area (Å²) in [7, 11) is -8.08. The molecule has 2 saturated heterocycles. The summed E-state index contributed by atoms with van der Waals surface area (Å²) in [5.41, 5.74) is -0.360. The minimum atomic E-state index is -4.08. The maximum absolute atomic E-state index is 13.3. The van der Waals surface area contributed by atoms with E-state index >= 15 is 0 Å². The average Bonchev–Trinajstić information content (AvgIpc) is 3.75. The van der Waals surface area contributed by atoms with Gasteiger partial charge in [0, 0.05) is 47.6 Å². The van der Waals surface area contributed by atoms with E-state index in [9.17, 15) is 36.5 Å². The van der Waals surface area contributed by atoms with Gasteiger partial charge in [0.15, 0.2) is 0 Å². The molecule has 2 aliphatic heterocycles. The van der Waals surface area contributed by atoms with Gasteiger partial charge in [-0.15, -0.1) is 22.7 Å². The zero-order valence-electron chi connectivity index (χ0n) is 23.0. The predicted molar refractivity (Wildman–Crippen MR) is 166 cm³/mol. The number of piperidine rings is 1. The summed E-state index contributed by atoms with van der Waals surface area (Å²) >= 11 is 8.40. The van der Waals surface area contributed by atoms with Crippen LogP contribution in [0.5, 0.6) is 0 Å². The first kappa shape index (κ1) is 32.5. The van der Waals surface area contributed by atoms with Crippen LogP contribution < -0.4 is 9.44 Å². The highest BCUT2D eigenvalue weighted by Gasteiger charge is 2.36. The molecule has 5 rings (SSSR count). The van der Waals surface area contributed by atoms with Crippen molar-refractivity contribution < 1.29 is 31.3 Å². The van der Waals surface area contributed by atoms with E-state index in [1.807, 2.05) is 0 Å². The van der Waals surface area contributed by atoms with Crippen LogP contribution in [0.25, 0.3) is 9.75 Å². The number of thiophene rings is 2. The summed E-state index contributed by atoms with van der Waals surface area (Å²) in [5.74, 6) is -0.881. The van der Waals surface area contributed by atoms with Crippen LogP contribution in [0, 0.1) is 10.1 Å². The Kier molecular flexibility index (Phi) is 9.74. The Balaban J connectivity index is 1.19. The van der Waals surface area contributed by atoms with E-state index in [1.165, 1.54) is 45.4 Å². The van der Waals surface area contributed by atoms with Gasteiger partial charge in [0.25, 0.3) is 15.7 Å². The number of carbonyl (C=O) groups is 2. The van der Waals surface area contributed by atoms with Crippen molar-refractivity contribution in [3.63, 3.8) is 0 Å². The second kappa shape index (κ2) is 13.2. The van der Waals surface area contributed by atoms with E-state index in [0.717, 1.165) is 27.2 Å². The number of rotatable bonds is 11. The normalized spacial score (nSPS) is 19.4. The number of hydrogen-bond acceptors (Lipinski definition) is 10. The first-order valence-electron chi connectivity index (χ1n) is 13.5. The lowest BCUT2D eigenvalue weighted by molar-refractivity contribution is -0.385. The Morgan fingerprint density at radius 3 is 2.45 bits per heavy atom. The zero-order chi connectivity index (χ0) is 31.6. The van der Waals surface area contributed by atoms with E-state index in [0.29, 0.717) is 30.1 Å². The third-order valence-corrected chi connectivity index (χ3v) is 13.3. The van der Waals surface area contributed by atoms with Crippen molar-refractivity contribution in [2.45, 2.75) is 46.9 Å². The molecule has 2 aliphatic rings. The van der Waals surface area contributed by atoms with Gasteiger partial charge >= 0.3 is 0 Å². The molecule has 0 aliphatic carbocycles. The van der Waals surface area contributed by atoms with Crippen molar-refractivity contribution in [2.24, 2.45) is 0 Å². The number of sulfonamides is 2. The predicted octanol–water partition coefficient (Wildman–Crippen LogP) is 3.28. The summed E-state index contributed by atoms with van der Waals surface area (Å²) in [6, 6.07) is 9.87. The highest BCUT2D eigenvalue weighted by Crippen LogP contribution is 2.37. The number of nitro benzene ring substituents is 1. The molecule has 2 atom stereocenters. The van der Waals surface area contributed by atoms with Crippen LogP contribution in [0.4, 0.5) is 5.69 Å². The lowest BCUT2D eigenvalue weighted by Gasteiger charge is -2.34. The van der Waals surface area contributed by atoms with Crippen molar-refractivity contribution in [2.75, 3.05) is 26.2 Å². The van der Waals surface area contributed by atoms with Crippen LogP contribution in [-0.4, -0.2) is 81.6 Å². The molecule has 0 radical (unpaired) electrons. The molecular formula is C26H28ClN5O8S4. The first-order chi connectivity index (χ1) is 20.8. The van der Waals surface area contributed by atoms with E-state index < -0.39 is 43.0 Å². The molecule has 0 spiro atoms. The van der Waals surface area contributed by atoms with Crippen molar-refractivity contribution in [3.05, 3.63) is 63.0 Å². The minimum Gasteiger partial charge on any atom is -0.337 e. The first-order valence-corrected chi connectivity index (χ1v) is 18.5. The number of non-ortho nitro benzene ring substituents is 1. The number of amides is 2. The van der Waals surface area contributed by atoms with Gasteiger partial charge in [0.1, 0.15) is 10.3 Å². The van der Waals surface area contributed by atoms with Gasteiger partial charge in [0.05, 0.1) is 20.7 Å². The number of nitrogens with one attached hydrogen (secondary N) is 2. The van der Waals surface area contributed by atoms with Crippen LogP contribution in [-0.2, 0) is 29.6 Å². The molecular weight excluding hydrogens is 674 g/mol. The summed E-state index contributed by atoms with van der Waals surface area (Å²) < 4.78 is 57.4. The Morgan fingerprint density at radius 2 is 1.73 bits per heavy atom. The lowest BCUT2D eigenvalue weighted by Crippen LogP contribution is -2.55. The maximum atomic E-state index is 13.3. The van der Waals surface area contributed by atoms with Crippen molar-refractivity contribution in [1.29, 1.82) is 0 Å². The van der Waals surface area contributed by atoms with Gasteiger partial charge in [-0.05, 0) is 56.0 Å². The molecule has 44 heavy (non-hydrogen) atoms. The summed E-state index contributed by atoms with van der Waals surface area (Å²) in [4.78, 5) is 41.0. The molecule has 0 bridgehead atoms. The molecule has 2 amide bonds. The van der Waals surface area contributed by atoms with Crippen LogP contribution in [0.3, 0.4) is 0 Å². The fourth-order valence-corrected chi connectivity index (χ4v) is 9.97. The number of benzene rings is 1. The average molecular weight is 702 g/mol. The van der Waals surface area contributed by atoms with Crippen LogP contribution in [0.1, 0.15) is 25.7 Å². The van der Waals surface area contributed by atoms with Crippen LogP contribution in [0.2, 0.25) is 4.34 Å². The zero-order valence-corrected chi connectivity index (χ0v) is 27.1. The third-order valence-electron chi connectivity index (χ3n) is 7.36. The molecule has 3 aromatic rings. The molecule has 0 unspecified atom stereocenters. The summed E-state index contributed by atoms with van der Waals surface area (Å²) in [5, 5.41) is 11.0. The van der Waals surface area contributed by atoms with E-state index in [2.05, 4.69) is 9.44 Å². The second-order valence-electron chi connectivity index (χ2n) is 10.3. The van der Waals surface area contributed by atoms with Gasteiger partial charge in [-0.1, -0.05) is 17.7 Å². The molecule has 4 heterocycles. The lowest BCUT2D eigenvalue weighted by atomic mass is 10.1. The smallest absolute Gasteiger partial charge is 0.270 e. The highest BCUT2D eigenvalue weighted by atomic mass is 35.5. The number of carbonyl (C=O) groups excluding carboxylic acids is 2. The van der Waals surface area contributed by atoms with E-state index in [4.69, 9.17) is 11.6 Å². The van der Waals surface area contributed by atoms with E-state index in [-0.39, 0.29) is 46.8 Å². The molecule has 2 fully saturated rings. The SMILES string of the molecule is O=C1[C@@H](NS(=O)(=O)c2ccc(-c3ccc(Cl)s3)s2)CCCN1CC(=O)N1CCC[C@@H]1CNS(=O)(=O)c1cccc([N+](=O)[O-])c1. The van der Waals surface area contributed by atoms with Crippen LogP contribution in [0.15, 0.2) is 57.6 Å². The van der Waals surface area contributed by atoms with Crippen molar-refractivity contribution in [3.8, 4) is 9.75 Å².